The van der Waals surface area contributed by atoms with Crippen molar-refractivity contribution in [2.45, 2.75) is 64.2 Å². The van der Waals surface area contributed by atoms with E-state index in [1.165, 1.54) is 0 Å². The third-order valence-corrected chi connectivity index (χ3v) is 6.94. The first-order chi connectivity index (χ1) is 20.1. The molecule has 0 bridgehead atoms. The maximum Gasteiger partial charge on any atom is 0.407 e. The zero-order valence-electron chi connectivity index (χ0n) is 24.3. The molecule has 1 aliphatic carbocycles. The second kappa shape index (κ2) is 14.0. The van der Waals surface area contributed by atoms with Crippen molar-refractivity contribution in [3.8, 4) is 11.1 Å². The molecule has 9 nitrogen and oxygen atoms in total. The van der Waals surface area contributed by atoms with Crippen LogP contribution >= 0.6 is 0 Å². The van der Waals surface area contributed by atoms with Crippen molar-refractivity contribution in [3.63, 3.8) is 0 Å². The second-order valence-corrected chi connectivity index (χ2v) is 11.3. The highest BCUT2D eigenvalue weighted by molar-refractivity contribution is 5.96. The molecule has 1 aliphatic rings. The van der Waals surface area contributed by atoms with Crippen molar-refractivity contribution in [2.24, 2.45) is 0 Å². The molecule has 0 unspecified atom stereocenters. The molecular weight excluding hydrogens is 534 g/mol. The van der Waals surface area contributed by atoms with E-state index < -0.39 is 23.8 Å². The lowest BCUT2D eigenvalue weighted by atomic mass is 9.98. The molecule has 0 saturated carbocycles. The van der Waals surface area contributed by atoms with Gasteiger partial charge in [-0.3, -0.25) is 4.79 Å². The first-order valence-corrected chi connectivity index (χ1v) is 14.2. The Kier molecular flexibility index (Phi) is 10.2. The average Bonchev–Trinajstić information content (AvgIpc) is 3.28. The maximum atomic E-state index is 13.2. The Balaban J connectivity index is 1.35. The Morgan fingerprint density at radius 1 is 0.857 bits per heavy atom. The van der Waals surface area contributed by atoms with Gasteiger partial charge in [0.1, 0.15) is 18.2 Å². The molecular formula is C33H39N3O6. The predicted molar refractivity (Wildman–Crippen MR) is 161 cm³/mol. The highest BCUT2D eigenvalue weighted by Gasteiger charge is 2.30. The molecule has 0 fully saturated rings. The summed E-state index contributed by atoms with van der Waals surface area (Å²) in [5.41, 5.74) is 5.14. The largest absolute Gasteiger partial charge is 0.449 e. The van der Waals surface area contributed by atoms with Crippen LogP contribution in [0.5, 0.6) is 0 Å². The SMILES string of the molecule is CC(C)(C)OC(=O)NCCCC[C@@H](NC(=O)OCC1c2ccccc2-c2ccccc21)C(=O)Nc1ccc(CO)cc1. The number of unbranched alkanes of at least 4 members (excludes halogenated alkanes) is 1. The molecule has 4 rings (SSSR count). The first kappa shape index (κ1) is 30.6. The summed E-state index contributed by atoms with van der Waals surface area (Å²) in [6, 6.07) is 22.1. The van der Waals surface area contributed by atoms with Crippen molar-refractivity contribution >= 4 is 23.8 Å². The van der Waals surface area contributed by atoms with Crippen LogP contribution in [0.3, 0.4) is 0 Å². The summed E-state index contributed by atoms with van der Waals surface area (Å²) in [7, 11) is 0. The number of hydrogen-bond acceptors (Lipinski definition) is 6. The number of fused-ring (bicyclic) bond motifs is 3. The Hall–Kier alpha value is -4.37. The van der Waals surface area contributed by atoms with Crippen LogP contribution in [0.15, 0.2) is 72.8 Å². The fourth-order valence-electron chi connectivity index (χ4n) is 4.95. The zero-order chi connectivity index (χ0) is 30.1. The molecule has 42 heavy (non-hydrogen) atoms. The minimum atomic E-state index is -0.861. The summed E-state index contributed by atoms with van der Waals surface area (Å²) >= 11 is 0. The molecule has 3 aromatic rings. The summed E-state index contributed by atoms with van der Waals surface area (Å²) in [6.07, 6.45) is 0.293. The van der Waals surface area contributed by atoms with Crippen molar-refractivity contribution in [2.75, 3.05) is 18.5 Å². The van der Waals surface area contributed by atoms with E-state index in [0.717, 1.165) is 27.8 Å². The Morgan fingerprint density at radius 3 is 2.07 bits per heavy atom. The van der Waals surface area contributed by atoms with Crippen LogP contribution in [-0.4, -0.2) is 48.0 Å². The van der Waals surface area contributed by atoms with Gasteiger partial charge in [0.2, 0.25) is 5.91 Å². The van der Waals surface area contributed by atoms with E-state index in [9.17, 15) is 19.5 Å². The number of carbonyl (C=O) groups is 3. The number of hydrogen-bond donors (Lipinski definition) is 4. The van der Waals surface area contributed by atoms with Gasteiger partial charge in [-0.2, -0.15) is 0 Å². The Labute approximate surface area is 246 Å². The van der Waals surface area contributed by atoms with Crippen LogP contribution in [0.4, 0.5) is 15.3 Å². The molecule has 0 spiro atoms. The number of amides is 3. The quantitative estimate of drug-likeness (QED) is 0.218. The number of rotatable bonds is 11. The lowest BCUT2D eigenvalue weighted by Crippen LogP contribution is -2.44. The first-order valence-electron chi connectivity index (χ1n) is 14.2. The van der Waals surface area contributed by atoms with E-state index in [-0.39, 0.29) is 25.0 Å². The summed E-state index contributed by atoms with van der Waals surface area (Å²) in [5.74, 6) is -0.486. The number of anilines is 1. The van der Waals surface area contributed by atoms with Crippen molar-refractivity contribution in [1.29, 1.82) is 0 Å². The molecule has 0 heterocycles. The molecule has 3 aromatic carbocycles. The Bertz CT molecular complexity index is 1340. The fourth-order valence-corrected chi connectivity index (χ4v) is 4.95. The van der Waals surface area contributed by atoms with Crippen LogP contribution in [0.1, 0.15) is 62.6 Å². The monoisotopic (exact) mass is 573 g/mol. The molecule has 222 valence electrons. The van der Waals surface area contributed by atoms with Gasteiger partial charge >= 0.3 is 12.2 Å². The fraction of sp³-hybridized carbons (Fsp3) is 0.364. The number of benzene rings is 3. The van der Waals surface area contributed by atoms with Crippen LogP contribution in [-0.2, 0) is 20.9 Å². The minimum absolute atomic E-state index is 0.0978. The molecule has 4 N–H and O–H groups in total. The zero-order valence-corrected chi connectivity index (χ0v) is 24.3. The van der Waals surface area contributed by atoms with Gasteiger partial charge in [0, 0.05) is 18.2 Å². The molecule has 0 radical (unpaired) electrons. The summed E-state index contributed by atoms with van der Waals surface area (Å²) in [4.78, 5) is 38.1. The van der Waals surface area contributed by atoms with Crippen molar-refractivity contribution < 1.29 is 29.0 Å². The van der Waals surface area contributed by atoms with E-state index >= 15 is 0 Å². The van der Waals surface area contributed by atoms with Gasteiger partial charge in [-0.25, -0.2) is 9.59 Å². The van der Waals surface area contributed by atoms with Gasteiger partial charge in [-0.05, 0) is 80.0 Å². The molecule has 9 heteroatoms. The number of aliphatic hydroxyl groups is 1. The molecule has 0 aliphatic heterocycles. The van der Waals surface area contributed by atoms with Crippen LogP contribution < -0.4 is 16.0 Å². The number of alkyl carbamates (subject to hydrolysis) is 2. The number of carbonyl (C=O) groups excluding carboxylic acids is 3. The summed E-state index contributed by atoms with van der Waals surface area (Å²) in [5, 5.41) is 17.6. The average molecular weight is 574 g/mol. The third-order valence-electron chi connectivity index (χ3n) is 6.94. The smallest absolute Gasteiger partial charge is 0.407 e. The van der Waals surface area contributed by atoms with Gasteiger partial charge in [-0.1, -0.05) is 60.7 Å². The van der Waals surface area contributed by atoms with E-state index in [1.807, 2.05) is 36.4 Å². The number of nitrogens with one attached hydrogen (secondary N) is 3. The van der Waals surface area contributed by atoms with Crippen LogP contribution in [0, 0.1) is 0 Å². The lowest BCUT2D eigenvalue weighted by Gasteiger charge is -2.21. The number of ether oxygens (including phenoxy) is 2. The van der Waals surface area contributed by atoms with Gasteiger partial charge < -0.3 is 30.5 Å². The normalized spacial score (nSPS) is 13.0. The Morgan fingerprint density at radius 2 is 1.48 bits per heavy atom. The van der Waals surface area contributed by atoms with Gasteiger partial charge in [0.25, 0.3) is 0 Å². The predicted octanol–water partition coefficient (Wildman–Crippen LogP) is 5.72. The van der Waals surface area contributed by atoms with Crippen molar-refractivity contribution in [3.05, 3.63) is 89.5 Å². The van der Waals surface area contributed by atoms with E-state index in [4.69, 9.17) is 9.47 Å². The number of aliphatic hydroxyl groups excluding tert-OH is 1. The van der Waals surface area contributed by atoms with Crippen LogP contribution in [0.25, 0.3) is 11.1 Å². The van der Waals surface area contributed by atoms with Gasteiger partial charge in [0.15, 0.2) is 0 Å². The highest BCUT2D eigenvalue weighted by atomic mass is 16.6. The highest BCUT2D eigenvalue weighted by Crippen LogP contribution is 2.44. The van der Waals surface area contributed by atoms with E-state index in [2.05, 4.69) is 28.1 Å². The van der Waals surface area contributed by atoms with Gasteiger partial charge in [0.05, 0.1) is 6.61 Å². The third kappa shape index (κ3) is 8.33. The standard InChI is InChI=1S/C33H39N3O6/c1-33(2,3)42-31(39)34-19-9-8-14-29(30(38)35-23-17-15-22(20-37)16-18-23)36-32(40)41-21-28-26-12-6-4-10-24(26)25-11-5-7-13-27(25)28/h4-7,10-13,15-18,28-29,37H,8-9,14,19-21H2,1-3H3,(H,34,39)(H,35,38)(H,36,40)/t29-/m1/s1. The maximum absolute atomic E-state index is 13.2. The molecule has 3 amide bonds. The molecule has 0 saturated heterocycles. The topological polar surface area (TPSA) is 126 Å². The lowest BCUT2D eigenvalue weighted by molar-refractivity contribution is -0.118. The summed E-state index contributed by atoms with van der Waals surface area (Å²) < 4.78 is 10.9. The molecule has 0 aromatic heterocycles. The second-order valence-electron chi connectivity index (χ2n) is 11.3. The van der Waals surface area contributed by atoms with Crippen LogP contribution in [0.2, 0.25) is 0 Å². The van der Waals surface area contributed by atoms with Crippen molar-refractivity contribution in [1.82, 2.24) is 10.6 Å². The molecule has 1 atom stereocenters. The summed E-state index contributed by atoms with van der Waals surface area (Å²) in [6.45, 7) is 5.79. The minimum Gasteiger partial charge on any atom is -0.449 e. The van der Waals surface area contributed by atoms with Gasteiger partial charge in [-0.15, -0.1) is 0 Å². The van der Waals surface area contributed by atoms with E-state index in [1.54, 1.807) is 45.0 Å². The van der Waals surface area contributed by atoms with E-state index in [0.29, 0.717) is 31.5 Å².